The summed E-state index contributed by atoms with van der Waals surface area (Å²) in [7, 11) is 0. The zero-order chi connectivity index (χ0) is 14.6. The van der Waals surface area contributed by atoms with E-state index in [0.29, 0.717) is 11.6 Å². The van der Waals surface area contributed by atoms with Crippen molar-refractivity contribution in [3.8, 4) is 0 Å². The molecule has 0 saturated heterocycles. The van der Waals surface area contributed by atoms with Crippen molar-refractivity contribution in [2.75, 3.05) is 6.61 Å². The number of hydrogen-bond acceptors (Lipinski definition) is 2. The Morgan fingerprint density at radius 2 is 2.10 bits per heavy atom. The van der Waals surface area contributed by atoms with E-state index >= 15 is 0 Å². The van der Waals surface area contributed by atoms with E-state index < -0.39 is 5.60 Å². The highest BCUT2D eigenvalue weighted by Crippen LogP contribution is 2.43. The number of benzene rings is 1. The van der Waals surface area contributed by atoms with Gasteiger partial charge in [0.2, 0.25) is 0 Å². The summed E-state index contributed by atoms with van der Waals surface area (Å²) in [4.78, 5) is 0. The molecular formula is C16H23ClFNO. The molecule has 1 aliphatic rings. The van der Waals surface area contributed by atoms with Crippen molar-refractivity contribution in [1.29, 1.82) is 0 Å². The van der Waals surface area contributed by atoms with Crippen molar-refractivity contribution in [1.82, 2.24) is 0 Å². The zero-order valence-electron chi connectivity index (χ0n) is 12.0. The third-order valence-electron chi connectivity index (χ3n) is 4.13. The van der Waals surface area contributed by atoms with Gasteiger partial charge in [-0.3, -0.25) is 0 Å². The molecule has 2 nitrogen and oxygen atoms in total. The van der Waals surface area contributed by atoms with Gasteiger partial charge < -0.3 is 10.5 Å². The average Bonchev–Trinajstić information content (AvgIpc) is 2.44. The van der Waals surface area contributed by atoms with Gasteiger partial charge in [-0.15, -0.1) is 0 Å². The molecule has 2 N–H and O–H groups in total. The van der Waals surface area contributed by atoms with Crippen molar-refractivity contribution in [3.63, 3.8) is 0 Å². The van der Waals surface area contributed by atoms with Crippen molar-refractivity contribution < 1.29 is 9.13 Å². The topological polar surface area (TPSA) is 35.2 Å². The zero-order valence-corrected chi connectivity index (χ0v) is 12.8. The molecule has 1 saturated carbocycles. The fourth-order valence-electron chi connectivity index (χ4n) is 2.86. The van der Waals surface area contributed by atoms with Crippen LogP contribution in [0.5, 0.6) is 0 Å². The molecule has 0 atom stereocenters. The predicted octanol–water partition coefficient (Wildman–Crippen LogP) is 4.39. The number of nitrogens with two attached hydrogens (primary N) is 1. The summed E-state index contributed by atoms with van der Waals surface area (Å²) < 4.78 is 19.8. The Kier molecular flexibility index (Phi) is 5.42. The van der Waals surface area contributed by atoms with Crippen LogP contribution in [0.1, 0.15) is 51.0 Å². The summed E-state index contributed by atoms with van der Waals surface area (Å²) in [5.41, 5.74) is 6.31. The number of ether oxygens (including phenoxy) is 1. The average molecular weight is 300 g/mol. The van der Waals surface area contributed by atoms with Crippen LogP contribution in [0.2, 0.25) is 5.02 Å². The molecule has 0 heterocycles. The maximum atomic E-state index is 13.6. The number of hydrogen-bond donors (Lipinski definition) is 1. The maximum Gasteiger partial charge on any atom is 0.123 e. The summed E-state index contributed by atoms with van der Waals surface area (Å²) in [6, 6.07) is 4.74. The van der Waals surface area contributed by atoms with E-state index in [-0.39, 0.29) is 11.9 Å². The van der Waals surface area contributed by atoms with Crippen LogP contribution < -0.4 is 5.73 Å². The smallest absolute Gasteiger partial charge is 0.123 e. The largest absolute Gasteiger partial charge is 0.370 e. The van der Waals surface area contributed by atoms with Crippen molar-refractivity contribution >= 4 is 11.6 Å². The van der Waals surface area contributed by atoms with Crippen LogP contribution in [0.25, 0.3) is 0 Å². The number of rotatable bonds is 5. The SMILES string of the molecule is CCCCOC1(c2cc(F)ccc2Cl)CCC(N)CC1. The van der Waals surface area contributed by atoms with Gasteiger partial charge >= 0.3 is 0 Å². The lowest BCUT2D eigenvalue weighted by atomic mass is 9.77. The number of halogens is 2. The first-order valence-corrected chi connectivity index (χ1v) is 7.80. The van der Waals surface area contributed by atoms with Crippen molar-refractivity contribution in [2.45, 2.75) is 57.1 Å². The first-order chi connectivity index (χ1) is 9.57. The molecule has 0 amide bonds. The molecule has 1 fully saturated rings. The monoisotopic (exact) mass is 299 g/mol. The highest BCUT2D eigenvalue weighted by atomic mass is 35.5. The fourth-order valence-corrected chi connectivity index (χ4v) is 3.15. The summed E-state index contributed by atoms with van der Waals surface area (Å²) >= 11 is 6.29. The first kappa shape index (κ1) is 15.7. The van der Waals surface area contributed by atoms with Gasteiger partial charge in [-0.2, -0.15) is 0 Å². The minimum absolute atomic E-state index is 0.213. The third-order valence-corrected chi connectivity index (χ3v) is 4.46. The van der Waals surface area contributed by atoms with E-state index in [1.807, 2.05) is 0 Å². The third kappa shape index (κ3) is 3.51. The molecule has 0 aromatic heterocycles. The molecule has 112 valence electrons. The molecule has 0 radical (unpaired) electrons. The molecule has 2 rings (SSSR count). The van der Waals surface area contributed by atoms with E-state index in [0.717, 1.165) is 44.1 Å². The van der Waals surface area contributed by atoms with Gasteiger partial charge in [0, 0.05) is 23.2 Å². The molecule has 20 heavy (non-hydrogen) atoms. The number of unbranched alkanes of at least 4 members (excludes halogenated alkanes) is 1. The minimum atomic E-state index is -0.468. The fraction of sp³-hybridized carbons (Fsp3) is 0.625. The highest BCUT2D eigenvalue weighted by Gasteiger charge is 2.38. The normalized spacial score (nSPS) is 26.7. The molecule has 0 spiro atoms. The standard InChI is InChI=1S/C16H23ClFNO/c1-2-3-10-20-16(8-6-13(19)7-9-16)14-11-12(18)4-5-15(14)17/h4-5,11,13H,2-3,6-10,19H2,1H3. The van der Waals surface area contributed by atoms with E-state index in [1.54, 1.807) is 6.07 Å². The molecule has 1 aliphatic carbocycles. The molecule has 1 aromatic carbocycles. The van der Waals surface area contributed by atoms with Gasteiger partial charge in [-0.25, -0.2) is 4.39 Å². The Balaban J connectivity index is 2.27. The second-order valence-electron chi connectivity index (χ2n) is 5.66. The molecule has 1 aromatic rings. The van der Waals surface area contributed by atoms with Gasteiger partial charge in [-0.1, -0.05) is 24.9 Å². The van der Waals surface area contributed by atoms with E-state index in [2.05, 4.69) is 6.92 Å². The van der Waals surface area contributed by atoms with E-state index in [4.69, 9.17) is 22.1 Å². The Bertz CT molecular complexity index is 444. The predicted molar refractivity (Wildman–Crippen MR) is 80.4 cm³/mol. The van der Waals surface area contributed by atoms with E-state index in [1.165, 1.54) is 12.1 Å². The van der Waals surface area contributed by atoms with Crippen LogP contribution in [-0.4, -0.2) is 12.6 Å². The Morgan fingerprint density at radius 1 is 1.40 bits per heavy atom. The lowest BCUT2D eigenvalue weighted by molar-refractivity contribution is -0.0795. The second kappa shape index (κ2) is 6.88. The van der Waals surface area contributed by atoms with Gasteiger partial charge in [0.1, 0.15) is 5.82 Å². The van der Waals surface area contributed by atoms with Crippen LogP contribution in [0.3, 0.4) is 0 Å². The molecule has 0 unspecified atom stereocenters. The maximum absolute atomic E-state index is 13.6. The van der Waals surface area contributed by atoms with Crippen LogP contribution in [0, 0.1) is 5.82 Å². The van der Waals surface area contributed by atoms with Crippen molar-refractivity contribution in [3.05, 3.63) is 34.6 Å². The van der Waals surface area contributed by atoms with Crippen molar-refractivity contribution in [2.24, 2.45) is 5.73 Å². The lowest BCUT2D eigenvalue weighted by Crippen LogP contribution is -2.39. The van der Waals surface area contributed by atoms with Crippen LogP contribution in [0.4, 0.5) is 4.39 Å². The van der Waals surface area contributed by atoms with Gasteiger partial charge in [0.05, 0.1) is 5.60 Å². The summed E-state index contributed by atoms with van der Waals surface area (Å²) in [6.45, 7) is 2.81. The van der Waals surface area contributed by atoms with Gasteiger partial charge in [0.25, 0.3) is 0 Å². The Morgan fingerprint density at radius 3 is 2.75 bits per heavy atom. The first-order valence-electron chi connectivity index (χ1n) is 7.42. The Hall–Kier alpha value is -0.640. The van der Waals surface area contributed by atoms with Gasteiger partial charge in [0.15, 0.2) is 0 Å². The van der Waals surface area contributed by atoms with E-state index in [9.17, 15) is 4.39 Å². The summed E-state index contributed by atoms with van der Waals surface area (Å²) in [5.74, 6) is -0.266. The quantitative estimate of drug-likeness (QED) is 0.818. The van der Waals surface area contributed by atoms with Gasteiger partial charge in [-0.05, 0) is 50.3 Å². The highest BCUT2D eigenvalue weighted by molar-refractivity contribution is 6.31. The molecular weight excluding hydrogens is 277 g/mol. The van der Waals surface area contributed by atoms with Crippen LogP contribution >= 0.6 is 11.6 Å². The molecule has 4 heteroatoms. The summed E-state index contributed by atoms with van der Waals surface area (Å²) in [6.07, 6.45) is 5.47. The van der Waals surface area contributed by atoms with Crippen LogP contribution in [0.15, 0.2) is 18.2 Å². The minimum Gasteiger partial charge on any atom is -0.370 e. The molecule has 0 bridgehead atoms. The summed E-state index contributed by atoms with van der Waals surface area (Å²) in [5, 5.41) is 0.582. The second-order valence-corrected chi connectivity index (χ2v) is 6.07. The lowest BCUT2D eigenvalue weighted by Gasteiger charge is -2.40. The van der Waals surface area contributed by atoms with Crippen LogP contribution in [-0.2, 0) is 10.3 Å². The Labute approximate surface area is 125 Å². The molecule has 0 aliphatic heterocycles.